The van der Waals surface area contributed by atoms with Crippen LogP contribution in [-0.4, -0.2) is 90.8 Å². The predicted molar refractivity (Wildman–Crippen MR) is 203 cm³/mol. The van der Waals surface area contributed by atoms with Gasteiger partial charge in [0.2, 0.25) is 5.91 Å². The van der Waals surface area contributed by atoms with E-state index in [4.69, 9.17) is 9.47 Å². The van der Waals surface area contributed by atoms with E-state index in [1.54, 1.807) is 30.9 Å². The summed E-state index contributed by atoms with van der Waals surface area (Å²) < 4.78 is 24.5. The molecule has 3 atom stereocenters. The molecule has 53 heavy (non-hydrogen) atoms. The van der Waals surface area contributed by atoms with Crippen molar-refractivity contribution in [2.24, 2.45) is 0 Å². The normalized spacial score (nSPS) is 14.8. The minimum atomic E-state index is -0.806. The number of hydrogen-bond acceptors (Lipinski definition) is 8. The Labute approximate surface area is 314 Å². The van der Waals surface area contributed by atoms with E-state index in [1.807, 2.05) is 60.7 Å². The summed E-state index contributed by atoms with van der Waals surface area (Å²) in [5.41, 5.74) is 4.59. The van der Waals surface area contributed by atoms with Crippen molar-refractivity contribution in [3.8, 4) is 0 Å². The van der Waals surface area contributed by atoms with Gasteiger partial charge in [0, 0.05) is 51.5 Å². The molecule has 0 aliphatic carbocycles. The van der Waals surface area contributed by atoms with E-state index in [2.05, 4.69) is 25.8 Å². The number of halogens is 1. The minimum absolute atomic E-state index is 0.137. The Hall–Kier alpha value is -4.85. The van der Waals surface area contributed by atoms with E-state index in [-0.39, 0.29) is 37.0 Å². The molecule has 1 aliphatic rings. The number of nitrogens with one attached hydrogen (secondary N) is 3. The SMILES string of the molecule is CN(Cc1ccc(F)cc1)C(=O)N[C@@H](CCN1CCOCC1)C(=O)N[C@H](CC[C@H](Cc1ccccc1)NC(=O)OCc1cncs1)Cc1ccccc1. The first-order valence-electron chi connectivity index (χ1n) is 18.1. The lowest BCUT2D eigenvalue weighted by Crippen LogP contribution is -2.54. The Balaban J connectivity index is 1.28. The fourth-order valence-corrected chi connectivity index (χ4v) is 6.72. The summed E-state index contributed by atoms with van der Waals surface area (Å²) in [5.74, 6) is -0.626. The number of alkyl carbamates (subject to hydrolysis) is 1. The molecule has 3 N–H and O–H groups in total. The van der Waals surface area contributed by atoms with Crippen LogP contribution in [0.5, 0.6) is 0 Å². The number of amides is 4. The largest absolute Gasteiger partial charge is 0.444 e. The van der Waals surface area contributed by atoms with Gasteiger partial charge in [0.25, 0.3) is 0 Å². The van der Waals surface area contributed by atoms with E-state index in [9.17, 15) is 18.8 Å². The summed E-state index contributed by atoms with van der Waals surface area (Å²) >= 11 is 1.42. The van der Waals surface area contributed by atoms with Crippen LogP contribution in [0.1, 0.15) is 40.8 Å². The summed E-state index contributed by atoms with van der Waals surface area (Å²) in [7, 11) is 1.65. The summed E-state index contributed by atoms with van der Waals surface area (Å²) in [6.45, 7) is 3.76. The molecule has 4 aromatic rings. The maximum atomic E-state index is 14.2. The van der Waals surface area contributed by atoms with Crippen molar-refractivity contribution in [1.29, 1.82) is 0 Å². The maximum absolute atomic E-state index is 14.2. The van der Waals surface area contributed by atoms with Gasteiger partial charge in [-0.1, -0.05) is 72.8 Å². The molecule has 0 bridgehead atoms. The van der Waals surface area contributed by atoms with Gasteiger partial charge in [0.15, 0.2) is 0 Å². The summed E-state index contributed by atoms with van der Waals surface area (Å²) in [6.07, 6.45) is 3.84. The van der Waals surface area contributed by atoms with Gasteiger partial charge in [-0.15, -0.1) is 11.3 Å². The van der Waals surface area contributed by atoms with Gasteiger partial charge in [-0.3, -0.25) is 14.7 Å². The number of urea groups is 1. The molecule has 13 heteroatoms. The quantitative estimate of drug-likeness (QED) is 0.122. The Bertz CT molecular complexity index is 1680. The molecule has 2 heterocycles. The zero-order valence-corrected chi connectivity index (χ0v) is 30.9. The molecule has 5 rings (SSSR count). The molecular weight excluding hydrogens is 696 g/mol. The van der Waals surface area contributed by atoms with Gasteiger partial charge >= 0.3 is 12.1 Å². The van der Waals surface area contributed by atoms with E-state index in [1.165, 1.54) is 28.4 Å². The number of hydrogen-bond donors (Lipinski definition) is 3. The molecule has 0 radical (unpaired) electrons. The average molecular weight is 745 g/mol. The molecule has 11 nitrogen and oxygen atoms in total. The maximum Gasteiger partial charge on any atom is 0.407 e. The van der Waals surface area contributed by atoms with Crippen molar-refractivity contribution >= 4 is 29.4 Å². The van der Waals surface area contributed by atoms with Crippen LogP contribution in [0.2, 0.25) is 0 Å². The first kappa shape index (κ1) is 39.4. The fourth-order valence-electron chi connectivity index (χ4n) is 6.21. The summed E-state index contributed by atoms with van der Waals surface area (Å²) in [5, 5.41) is 9.29. The molecule has 0 unspecified atom stereocenters. The third-order valence-corrected chi connectivity index (χ3v) is 9.90. The second kappa shape index (κ2) is 21.0. The standard InChI is InChI=1S/C40H49FN6O5S/c1-46(27-32-12-14-33(41)15-13-32)39(49)45-37(18-19-47-20-22-51-23-21-47)38(48)43-34(24-30-8-4-2-5-9-30)16-17-35(25-31-10-6-3-7-11-31)44-40(50)52-28-36-26-42-29-53-36/h2-15,26,29,34-35,37H,16-25,27-28H2,1H3,(H,43,48)(H,44,50)(H,45,49)/t34-,35-,37+/m1/s1. The molecule has 282 valence electrons. The van der Waals surface area contributed by atoms with Crippen molar-refractivity contribution in [2.45, 2.75) is 63.4 Å². The number of thiazole rings is 1. The van der Waals surface area contributed by atoms with Crippen molar-refractivity contribution in [3.63, 3.8) is 0 Å². The van der Waals surface area contributed by atoms with Crippen LogP contribution < -0.4 is 16.0 Å². The smallest absolute Gasteiger partial charge is 0.407 e. The molecule has 1 aliphatic heterocycles. The van der Waals surface area contributed by atoms with Crippen LogP contribution >= 0.6 is 11.3 Å². The molecule has 4 amide bonds. The van der Waals surface area contributed by atoms with Crippen molar-refractivity contribution in [1.82, 2.24) is 30.7 Å². The zero-order valence-electron chi connectivity index (χ0n) is 30.1. The molecular formula is C40H49FN6O5S. The van der Waals surface area contributed by atoms with Gasteiger partial charge in [-0.05, 0) is 60.9 Å². The van der Waals surface area contributed by atoms with Crippen molar-refractivity contribution < 1.29 is 28.2 Å². The Kier molecular flexibility index (Phi) is 15.6. The highest BCUT2D eigenvalue weighted by Gasteiger charge is 2.27. The molecule has 0 saturated carbocycles. The Morgan fingerprint density at radius 1 is 0.849 bits per heavy atom. The number of benzene rings is 3. The Morgan fingerprint density at radius 2 is 1.47 bits per heavy atom. The van der Waals surface area contributed by atoms with Crippen LogP contribution in [0.4, 0.5) is 14.0 Å². The van der Waals surface area contributed by atoms with Gasteiger partial charge in [0.1, 0.15) is 18.5 Å². The predicted octanol–water partition coefficient (Wildman–Crippen LogP) is 5.56. The second-order valence-corrected chi connectivity index (χ2v) is 14.2. The lowest BCUT2D eigenvalue weighted by molar-refractivity contribution is -0.124. The lowest BCUT2D eigenvalue weighted by Gasteiger charge is -2.30. The van der Waals surface area contributed by atoms with Crippen LogP contribution in [0.25, 0.3) is 0 Å². The number of morpholine rings is 1. The number of nitrogens with zero attached hydrogens (tertiary/aromatic N) is 3. The van der Waals surface area contributed by atoms with Crippen LogP contribution in [0.15, 0.2) is 96.6 Å². The molecule has 1 saturated heterocycles. The molecule has 0 spiro atoms. The van der Waals surface area contributed by atoms with Crippen LogP contribution in [0, 0.1) is 5.82 Å². The number of rotatable bonds is 18. The van der Waals surface area contributed by atoms with E-state index >= 15 is 0 Å². The van der Waals surface area contributed by atoms with Crippen LogP contribution in [-0.2, 0) is 40.3 Å². The molecule has 1 fully saturated rings. The van der Waals surface area contributed by atoms with Crippen LogP contribution in [0.3, 0.4) is 0 Å². The van der Waals surface area contributed by atoms with Gasteiger partial charge in [0.05, 0.1) is 23.6 Å². The average Bonchev–Trinajstić information content (AvgIpc) is 3.70. The minimum Gasteiger partial charge on any atom is -0.444 e. The highest BCUT2D eigenvalue weighted by Crippen LogP contribution is 2.15. The third kappa shape index (κ3) is 13.9. The van der Waals surface area contributed by atoms with E-state index in [0.717, 1.165) is 34.7 Å². The molecule has 3 aromatic carbocycles. The summed E-state index contributed by atoms with van der Waals surface area (Å²) in [6, 6.07) is 24.1. The van der Waals surface area contributed by atoms with Gasteiger partial charge in [-0.2, -0.15) is 0 Å². The first-order chi connectivity index (χ1) is 25.8. The van der Waals surface area contributed by atoms with Crippen molar-refractivity contribution in [2.75, 3.05) is 39.9 Å². The number of carbonyl (C=O) groups is 3. The molecule has 1 aromatic heterocycles. The summed E-state index contributed by atoms with van der Waals surface area (Å²) in [4.78, 5) is 49.2. The van der Waals surface area contributed by atoms with Gasteiger partial charge in [-0.25, -0.2) is 14.0 Å². The third-order valence-electron chi connectivity index (χ3n) is 9.14. The fraction of sp³-hybridized carbons (Fsp3) is 0.400. The lowest BCUT2D eigenvalue weighted by atomic mass is 9.95. The first-order valence-corrected chi connectivity index (χ1v) is 18.9. The zero-order chi connectivity index (χ0) is 37.3. The monoisotopic (exact) mass is 744 g/mol. The number of ether oxygens (including phenoxy) is 2. The topological polar surface area (TPSA) is 125 Å². The van der Waals surface area contributed by atoms with E-state index in [0.29, 0.717) is 51.9 Å². The number of aromatic nitrogens is 1. The highest BCUT2D eigenvalue weighted by molar-refractivity contribution is 7.09. The van der Waals surface area contributed by atoms with Crippen molar-refractivity contribution in [3.05, 3.63) is 124 Å². The second-order valence-electron chi connectivity index (χ2n) is 13.3. The Morgan fingerprint density at radius 3 is 2.08 bits per heavy atom. The highest BCUT2D eigenvalue weighted by atomic mass is 32.1. The van der Waals surface area contributed by atoms with Gasteiger partial charge < -0.3 is 30.3 Å². The van der Waals surface area contributed by atoms with E-state index < -0.39 is 18.2 Å². The number of carbonyl (C=O) groups excluding carboxylic acids is 3.